The van der Waals surface area contributed by atoms with E-state index in [1.54, 1.807) is 30.3 Å². The summed E-state index contributed by atoms with van der Waals surface area (Å²) in [5, 5.41) is 14.8. The normalized spacial score (nSPS) is 14.2. The van der Waals surface area contributed by atoms with Gasteiger partial charge in [0.15, 0.2) is 0 Å². The summed E-state index contributed by atoms with van der Waals surface area (Å²) >= 11 is 10.9. The molecule has 9 nitrogen and oxygen atoms in total. The second-order valence-electron chi connectivity index (χ2n) is 10.6. The number of sulfonamides is 1. The number of nitrogens with one attached hydrogen (secondary N) is 3. The van der Waals surface area contributed by atoms with Crippen molar-refractivity contribution in [2.75, 3.05) is 18.8 Å². The van der Waals surface area contributed by atoms with Gasteiger partial charge in [-0.3, -0.25) is 14.4 Å². The maximum atomic E-state index is 12.6. The molecular formula is C31H44ClN3O6S2. The summed E-state index contributed by atoms with van der Waals surface area (Å²) in [6.45, 7) is 4.79. The molecule has 2 aromatic carbocycles. The van der Waals surface area contributed by atoms with E-state index in [4.69, 9.17) is 16.7 Å². The van der Waals surface area contributed by atoms with Crippen LogP contribution in [-0.2, 0) is 31.0 Å². The first-order valence-corrected chi connectivity index (χ1v) is 17.2. The highest BCUT2D eigenvalue weighted by atomic mass is 35.5. The van der Waals surface area contributed by atoms with Crippen molar-refractivity contribution >= 4 is 52.0 Å². The molecule has 0 spiro atoms. The molecule has 1 atom stereocenters. The zero-order valence-electron chi connectivity index (χ0n) is 24.9. The van der Waals surface area contributed by atoms with Gasteiger partial charge < -0.3 is 15.7 Å². The lowest BCUT2D eigenvalue weighted by Crippen LogP contribution is -2.39. The number of amides is 2. The van der Waals surface area contributed by atoms with Gasteiger partial charge in [0.05, 0.1) is 4.90 Å². The van der Waals surface area contributed by atoms with E-state index in [-0.39, 0.29) is 16.7 Å². The molecule has 0 unspecified atom stereocenters. The SMILES string of the molecule is CC(=O)NS(=O)(=O)c1ccccc1-c1ccc(CNCCNC(=O)[C@@H](CS)C2CCCCC2)cc1Cl.CCCCC(=O)O. The topological polar surface area (TPSA) is 142 Å². The number of unbranched alkanes of at least 4 members (excludes halogenated alkanes) is 1. The molecule has 2 aromatic rings. The second kappa shape index (κ2) is 18.9. The molecule has 1 fully saturated rings. The van der Waals surface area contributed by atoms with Gasteiger partial charge in [0.1, 0.15) is 0 Å². The number of carbonyl (C=O) groups is 3. The van der Waals surface area contributed by atoms with Gasteiger partial charge in [0, 0.05) is 60.8 Å². The van der Waals surface area contributed by atoms with Crippen LogP contribution >= 0.6 is 24.2 Å². The maximum Gasteiger partial charge on any atom is 0.303 e. The van der Waals surface area contributed by atoms with Crippen LogP contribution in [0.1, 0.15) is 70.8 Å². The molecule has 43 heavy (non-hydrogen) atoms. The lowest BCUT2D eigenvalue weighted by Gasteiger charge is -2.28. The van der Waals surface area contributed by atoms with Crippen LogP contribution in [0.3, 0.4) is 0 Å². The molecule has 0 heterocycles. The molecule has 238 valence electrons. The Hall–Kier alpha value is -2.60. The summed E-state index contributed by atoms with van der Waals surface area (Å²) in [6, 6.07) is 11.8. The number of halogens is 1. The van der Waals surface area contributed by atoms with E-state index in [1.807, 2.05) is 17.7 Å². The van der Waals surface area contributed by atoms with E-state index in [9.17, 15) is 22.8 Å². The number of hydrogen-bond acceptors (Lipinski definition) is 7. The van der Waals surface area contributed by atoms with Gasteiger partial charge in [-0.2, -0.15) is 12.6 Å². The smallest absolute Gasteiger partial charge is 0.303 e. The number of thiol groups is 1. The van der Waals surface area contributed by atoms with Crippen LogP contribution in [0.2, 0.25) is 5.02 Å². The molecule has 1 saturated carbocycles. The molecule has 1 aliphatic rings. The van der Waals surface area contributed by atoms with Crippen molar-refractivity contribution in [1.82, 2.24) is 15.4 Å². The summed E-state index contributed by atoms with van der Waals surface area (Å²) in [4.78, 5) is 33.7. The van der Waals surface area contributed by atoms with Crippen molar-refractivity contribution in [3.8, 4) is 11.1 Å². The second-order valence-corrected chi connectivity index (χ2v) is 13.0. The highest BCUT2D eigenvalue weighted by Gasteiger charge is 2.28. The molecule has 0 radical (unpaired) electrons. The Morgan fingerprint density at radius 1 is 1.05 bits per heavy atom. The Bertz CT molecular complexity index is 1320. The third-order valence-corrected chi connectivity index (χ3v) is 9.40. The Labute approximate surface area is 266 Å². The fraction of sp³-hybridized carbons (Fsp3) is 0.516. The monoisotopic (exact) mass is 653 g/mol. The predicted octanol–water partition coefficient (Wildman–Crippen LogP) is 5.43. The highest BCUT2D eigenvalue weighted by Crippen LogP contribution is 2.33. The fourth-order valence-electron chi connectivity index (χ4n) is 5.00. The average Bonchev–Trinajstić information content (AvgIpc) is 2.96. The lowest BCUT2D eigenvalue weighted by molar-refractivity contribution is -0.137. The summed E-state index contributed by atoms with van der Waals surface area (Å²) in [5.41, 5.74) is 1.89. The quantitative estimate of drug-likeness (QED) is 0.135. The minimum Gasteiger partial charge on any atom is -0.481 e. The maximum absolute atomic E-state index is 12.6. The minimum atomic E-state index is -4.02. The van der Waals surface area contributed by atoms with E-state index in [1.165, 1.54) is 25.3 Å². The molecule has 3 rings (SSSR count). The standard InChI is InChI=1S/C26H34ClN3O4S2.C5H10O2/c1-18(31)30-36(33,34)25-10-6-5-9-22(25)21-12-11-19(15-24(21)27)16-28-13-14-29-26(32)23(17-35)20-7-3-2-4-8-20;1-2-3-4-5(6)7/h5-6,9-12,15,20,23,28,35H,2-4,7-8,13-14,16-17H2,1H3,(H,29,32)(H,30,31);2-4H2,1H3,(H,6,7)/t23-;/m0./s1. The van der Waals surface area contributed by atoms with E-state index in [0.717, 1.165) is 38.2 Å². The van der Waals surface area contributed by atoms with Crippen molar-refractivity contribution < 1.29 is 27.9 Å². The van der Waals surface area contributed by atoms with Gasteiger partial charge in [-0.15, -0.1) is 0 Å². The molecule has 0 bridgehead atoms. The number of benzene rings is 2. The zero-order valence-corrected chi connectivity index (χ0v) is 27.4. The fourth-order valence-corrected chi connectivity index (χ4v) is 6.99. The number of rotatable bonds is 14. The molecule has 0 aliphatic heterocycles. The van der Waals surface area contributed by atoms with Crippen LogP contribution in [0.25, 0.3) is 11.1 Å². The van der Waals surface area contributed by atoms with Gasteiger partial charge in [0.25, 0.3) is 10.0 Å². The van der Waals surface area contributed by atoms with Gasteiger partial charge in [-0.05, 0) is 42.9 Å². The van der Waals surface area contributed by atoms with Crippen molar-refractivity contribution in [2.24, 2.45) is 11.8 Å². The van der Waals surface area contributed by atoms with Crippen molar-refractivity contribution in [1.29, 1.82) is 0 Å². The molecule has 4 N–H and O–H groups in total. The summed E-state index contributed by atoms with van der Waals surface area (Å²) in [6.07, 6.45) is 7.95. The highest BCUT2D eigenvalue weighted by molar-refractivity contribution is 7.90. The lowest BCUT2D eigenvalue weighted by atomic mass is 9.80. The molecule has 12 heteroatoms. The van der Waals surface area contributed by atoms with Crippen molar-refractivity contribution in [2.45, 2.75) is 76.7 Å². The predicted molar refractivity (Wildman–Crippen MR) is 174 cm³/mol. The Morgan fingerprint density at radius 3 is 2.33 bits per heavy atom. The summed E-state index contributed by atoms with van der Waals surface area (Å²) in [7, 11) is -4.02. The largest absolute Gasteiger partial charge is 0.481 e. The van der Waals surface area contributed by atoms with Gasteiger partial charge >= 0.3 is 5.97 Å². The Balaban J connectivity index is 0.000000821. The van der Waals surface area contributed by atoms with Crippen LogP contribution in [0, 0.1) is 11.8 Å². The molecular weight excluding hydrogens is 610 g/mol. The van der Waals surface area contributed by atoms with Crippen LogP contribution in [0.4, 0.5) is 0 Å². The summed E-state index contributed by atoms with van der Waals surface area (Å²) < 4.78 is 27.2. The first-order valence-electron chi connectivity index (χ1n) is 14.7. The van der Waals surface area contributed by atoms with Crippen LogP contribution in [0.15, 0.2) is 47.4 Å². The first kappa shape index (κ1) is 36.6. The van der Waals surface area contributed by atoms with Crippen LogP contribution < -0.4 is 15.4 Å². The molecule has 0 saturated heterocycles. The number of carbonyl (C=O) groups excluding carboxylic acids is 2. The minimum absolute atomic E-state index is 0.0172. The van der Waals surface area contributed by atoms with Gasteiger partial charge in [0.2, 0.25) is 11.8 Å². The van der Waals surface area contributed by atoms with E-state index in [0.29, 0.717) is 53.9 Å². The summed E-state index contributed by atoms with van der Waals surface area (Å²) in [5.74, 6) is -0.297. The van der Waals surface area contributed by atoms with Crippen molar-refractivity contribution in [3.05, 3.63) is 53.1 Å². The number of aliphatic carboxylic acids is 1. The first-order chi connectivity index (χ1) is 20.5. The number of carboxylic acids is 1. The van der Waals surface area contributed by atoms with E-state index < -0.39 is 21.9 Å². The van der Waals surface area contributed by atoms with Gasteiger partial charge in [-0.1, -0.05) is 74.5 Å². The third kappa shape index (κ3) is 12.5. The third-order valence-electron chi connectivity index (χ3n) is 7.20. The number of hydrogen-bond donors (Lipinski definition) is 5. The molecule has 0 aromatic heterocycles. The number of carboxylic acid groups (broad SMARTS) is 1. The van der Waals surface area contributed by atoms with Crippen LogP contribution in [0.5, 0.6) is 0 Å². The van der Waals surface area contributed by atoms with Crippen LogP contribution in [-0.4, -0.2) is 50.2 Å². The van der Waals surface area contributed by atoms with E-state index >= 15 is 0 Å². The molecule has 2 amide bonds. The Morgan fingerprint density at radius 2 is 1.74 bits per heavy atom. The van der Waals surface area contributed by atoms with E-state index in [2.05, 4.69) is 23.3 Å². The molecule has 1 aliphatic carbocycles. The average molecular weight is 654 g/mol. The zero-order chi connectivity index (χ0) is 31.8. The van der Waals surface area contributed by atoms with Gasteiger partial charge in [-0.25, -0.2) is 13.1 Å². The Kier molecular flexibility index (Phi) is 16.1. The van der Waals surface area contributed by atoms with Crippen molar-refractivity contribution in [3.63, 3.8) is 0 Å².